The van der Waals surface area contributed by atoms with Gasteiger partial charge in [0.1, 0.15) is 5.82 Å². The third-order valence-corrected chi connectivity index (χ3v) is 5.94. The fraction of sp³-hybridized carbons (Fsp3) is 0. The molecule has 0 aliphatic rings. The number of hydrogen-bond donors (Lipinski definition) is 1. The fourth-order valence-electron chi connectivity index (χ4n) is 3.53. The van der Waals surface area contributed by atoms with Crippen molar-refractivity contribution in [3.8, 4) is 5.69 Å². The van der Waals surface area contributed by atoms with Crippen LogP contribution in [0.5, 0.6) is 0 Å². The SMILES string of the molecule is O=c1cc(Nc2ccccc2)n(-c2ccccc2)c2c(Sc3ccccc3)cncc12. The molecule has 0 amide bonds. The summed E-state index contributed by atoms with van der Waals surface area (Å²) in [4.78, 5) is 19.4. The van der Waals surface area contributed by atoms with Crippen LogP contribution in [0.2, 0.25) is 0 Å². The Morgan fingerprint density at radius 2 is 1.42 bits per heavy atom. The van der Waals surface area contributed by atoms with E-state index in [0.29, 0.717) is 11.2 Å². The molecule has 5 heteroatoms. The van der Waals surface area contributed by atoms with Crippen LogP contribution in [0, 0.1) is 0 Å². The first-order chi connectivity index (χ1) is 15.3. The lowest BCUT2D eigenvalue weighted by molar-refractivity contribution is 1.07. The van der Waals surface area contributed by atoms with E-state index in [9.17, 15) is 4.79 Å². The Morgan fingerprint density at radius 3 is 2.13 bits per heavy atom. The van der Waals surface area contributed by atoms with Gasteiger partial charge in [-0.15, -0.1) is 0 Å². The van der Waals surface area contributed by atoms with Crippen molar-refractivity contribution in [2.75, 3.05) is 5.32 Å². The number of pyridine rings is 2. The quantitative estimate of drug-likeness (QED) is 0.363. The zero-order valence-electron chi connectivity index (χ0n) is 16.6. The molecule has 150 valence electrons. The summed E-state index contributed by atoms with van der Waals surface area (Å²) in [5, 5.41) is 4.01. The predicted molar refractivity (Wildman–Crippen MR) is 128 cm³/mol. The van der Waals surface area contributed by atoms with E-state index < -0.39 is 0 Å². The van der Waals surface area contributed by atoms with Gasteiger partial charge in [-0.3, -0.25) is 14.3 Å². The molecular weight excluding hydrogens is 402 g/mol. The average Bonchev–Trinajstić information content (AvgIpc) is 2.82. The van der Waals surface area contributed by atoms with Gasteiger partial charge in [-0.25, -0.2) is 0 Å². The highest BCUT2D eigenvalue weighted by Crippen LogP contribution is 2.35. The first-order valence-corrected chi connectivity index (χ1v) is 10.8. The summed E-state index contributed by atoms with van der Waals surface area (Å²) in [5.41, 5.74) is 2.65. The van der Waals surface area contributed by atoms with Gasteiger partial charge in [0.05, 0.1) is 15.8 Å². The molecule has 0 aliphatic carbocycles. The number of anilines is 2. The standard InChI is InChI=1S/C26H19N3OS/c30-23-16-25(28-19-10-4-1-5-11-19)29(20-12-6-2-7-13-20)26-22(23)17-27-18-24(26)31-21-14-8-3-9-15-21/h1-18,28H. The van der Waals surface area contributed by atoms with Crippen LogP contribution >= 0.6 is 11.8 Å². The number of nitrogens with zero attached hydrogens (tertiary/aromatic N) is 2. The van der Waals surface area contributed by atoms with E-state index in [4.69, 9.17) is 0 Å². The molecule has 2 aromatic heterocycles. The van der Waals surface area contributed by atoms with E-state index in [1.807, 2.05) is 85.1 Å². The van der Waals surface area contributed by atoms with Gasteiger partial charge >= 0.3 is 0 Å². The van der Waals surface area contributed by atoms with Crippen molar-refractivity contribution in [2.45, 2.75) is 9.79 Å². The number of benzene rings is 3. The molecule has 0 spiro atoms. The number of nitrogens with one attached hydrogen (secondary N) is 1. The Morgan fingerprint density at radius 1 is 0.774 bits per heavy atom. The van der Waals surface area contributed by atoms with Gasteiger partial charge in [-0.05, 0) is 36.4 Å². The van der Waals surface area contributed by atoms with Crippen LogP contribution in [0.25, 0.3) is 16.6 Å². The molecule has 31 heavy (non-hydrogen) atoms. The Kier molecular flexibility index (Phi) is 5.25. The summed E-state index contributed by atoms with van der Waals surface area (Å²) >= 11 is 1.60. The minimum Gasteiger partial charge on any atom is -0.341 e. The summed E-state index contributed by atoms with van der Waals surface area (Å²) in [7, 11) is 0. The summed E-state index contributed by atoms with van der Waals surface area (Å²) in [5.74, 6) is 0.705. The second-order valence-electron chi connectivity index (χ2n) is 7.00. The topological polar surface area (TPSA) is 46.9 Å². The van der Waals surface area contributed by atoms with Gasteiger partial charge in [-0.2, -0.15) is 0 Å². The van der Waals surface area contributed by atoms with Crippen LogP contribution in [0.15, 0.2) is 124 Å². The molecule has 0 saturated heterocycles. The third-order valence-electron chi connectivity index (χ3n) is 4.91. The highest BCUT2D eigenvalue weighted by Gasteiger charge is 2.16. The van der Waals surface area contributed by atoms with Crippen LogP contribution in [-0.2, 0) is 0 Å². The highest BCUT2D eigenvalue weighted by atomic mass is 32.2. The minimum absolute atomic E-state index is 0.0661. The van der Waals surface area contributed by atoms with Crippen LogP contribution in [0.3, 0.4) is 0 Å². The Labute approximate surface area is 184 Å². The van der Waals surface area contributed by atoms with Gasteiger partial charge in [0, 0.05) is 34.7 Å². The van der Waals surface area contributed by atoms with E-state index in [-0.39, 0.29) is 5.43 Å². The van der Waals surface area contributed by atoms with Crippen LogP contribution in [0.1, 0.15) is 0 Å². The summed E-state index contributed by atoms with van der Waals surface area (Å²) in [6.07, 6.45) is 3.48. The van der Waals surface area contributed by atoms with Gasteiger partial charge in [-0.1, -0.05) is 66.4 Å². The van der Waals surface area contributed by atoms with Crippen molar-refractivity contribution >= 4 is 34.2 Å². The molecule has 0 saturated carbocycles. The first kappa shape index (κ1) is 19.2. The largest absolute Gasteiger partial charge is 0.341 e. The first-order valence-electron chi connectivity index (χ1n) is 9.94. The van der Waals surface area contributed by atoms with E-state index in [0.717, 1.165) is 26.7 Å². The van der Waals surface area contributed by atoms with Crippen LogP contribution in [-0.4, -0.2) is 9.55 Å². The molecule has 4 nitrogen and oxygen atoms in total. The second kappa shape index (κ2) is 8.50. The van der Waals surface area contributed by atoms with E-state index in [2.05, 4.69) is 27.0 Å². The third kappa shape index (κ3) is 3.96. The maximum atomic E-state index is 13.1. The Hall–Kier alpha value is -3.83. The molecule has 0 fully saturated rings. The van der Waals surface area contributed by atoms with Gasteiger partial charge in [0.2, 0.25) is 0 Å². The number of hydrogen-bond acceptors (Lipinski definition) is 4. The molecule has 1 N–H and O–H groups in total. The van der Waals surface area contributed by atoms with Gasteiger partial charge in [0.25, 0.3) is 0 Å². The van der Waals surface area contributed by atoms with Crippen molar-refractivity contribution in [3.05, 3.63) is 120 Å². The van der Waals surface area contributed by atoms with Crippen molar-refractivity contribution in [1.29, 1.82) is 0 Å². The number of aromatic nitrogens is 2. The lowest BCUT2D eigenvalue weighted by Gasteiger charge is -2.20. The monoisotopic (exact) mass is 421 g/mol. The summed E-state index contributed by atoms with van der Waals surface area (Å²) in [6, 6.07) is 31.7. The van der Waals surface area contributed by atoms with Crippen molar-refractivity contribution in [1.82, 2.24) is 9.55 Å². The van der Waals surface area contributed by atoms with Crippen molar-refractivity contribution < 1.29 is 0 Å². The zero-order valence-corrected chi connectivity index (χ0v) is 17.4. The van der Waals surface area contributed by atoms with Crippen molar-refractivity contribution in [2.24, 2.45) is 0 Å². The zero-order chi connectivity index (χ0) is 21.0. The Bertz CT molecular complexity index is 1380. The normalized spacial score (nSPS) is 10.8. The number of para-hydroxylation sites is 2. The fourth-order valence-corrected chi connectivity index (χ4v) is 4.49. The number of fused-ring (bicyclic) bond motifs is 1. The maximum absolute atomic E-state index is 13.1. The predicted octanol–water partition coefficient (Wildman–Crippen LogP) is 6.28. The van der Waals surface area contributed by atoms with E-state index in [1.165, 1.54) is 0 Å². The smallest absolute Gasteiger partial charge is 0.193 e. The molecule has 0 bridgehead atoms. The van der Waals surface area contributed by atoms with Crippen molar-refractivity contribution in [3.63, 3.8) is 0 Å². The minimum atomic E-state index is -0.0661. The molecule has 2 heterocycles. The second-order valence-corrected chi connectivity index (χ2v) is 8.12. The molecule has 0 aliphatic heterocycles. The lowest BCUT2D eigenvalue weighted by atomic mass is 10.2. The average molecular weight is 422 g/mol. The molecule has 3 aromatic carbocycles. The van der Waals surface area contributed by atoms with Gasteiger partial charge in [0.15, 0.2) is 5.43 Å². The lowest BCUT2D eigenvalue weighted by Crippen LogP contribution is -2.13. The molecule has 5 aromatic rings. The molecule has 5 rings (SSSR count). The maximum Gasteiger partial charge on any atom is 0.193 e. The van der Waals surface area contributed by atoms with E-state index in [1.54, 1.807) is 24.0 Å². The molecular formula is C26H19N3OS. The summed E-state index contributed by atoms with van der Waals surface area (Å²) < 4.78 is 2.09. The molecule has 0 radical (unpaired) electrons. The molecule has 0 unspecified atom stereocenters. The van der Waals surface area contributed by atoms with E-state index >= 15 is 0 Å². The van der Waals surface area contributed by atoms with Crippen LogP contribution < -0.4 is 10.7 Å². The molecule has 0 atom stereocenters. The van der Waals surface area contributed by atoms with Crippen LogP contribution in [0.4, 0.5) is 11.5 Å². The van der Waals surface area contributed by atoms with Gasteiger partial charge < -0.3 is 5.32 Å². The highest BCUT2D eigenvalue weighted by molar-refractivity contribution is 7.99. The number of rotatable bonds is 5. The Balaban J connectivity index is 1.79. The summed E-state index contributed by atoms with van der Waals surface area (Å²) in [6.45, 7) is 0.